The second-order valence-electron chi connectivity index (χ2n) is 4.67. The summed E-state index contributed by atoms with van der Waals surface area (Å²) in [4.78, 5) is 0. The van der Waals surface area contributed by atoms with Crippen LogP contribution >= 0.6 is 7.80 Å². The smallest absolute Gasteiger partial charge is 0.326 e. The average Bonchev–Trinajstić information content (AvgIpc) is 2.33. The zero-order chi connectivity index (χ0) is 18.2. The van der Waals surface area contributed by atoms with Crippen molar-refractivity contribution in [3.05, 3.63) is 0 Å². The minimum Gasteiger partial charge on any atom is -0.326 e. The van der Waals surface area contributed by atoms with Crippen molar-refractivity contribution in [1.82, 2.24) is 0 Å². The predicted molar refractivity (Wildman–Crippen MR) is 59.1 cm³/mol. The Hall–Kier alpha value is -0.570. The zero-order valence-corrected chi connectivity index (χ0v) is 12.5. The summed E-state index contributed by atoms with van der Waals surface area (Å²) in [6, 6.07) is 0. The third kappa shape index (κ3) is 3.67. The van der Waals surface area contributed by atoms with Gasteiger partial charge in [-0.1, -0.05) is 11.5 Å². The van der Waals surface area contributed by atoms with E-state index < -0.39 is 43.7 Å². The average molecular weight is 367 g/mol. The number of alkyl halides is 9. The van der Waals surface area contributed by atoms with Crippen LogP contribution in [0.1, 0.15) is 20.3 Å². The van der Waals surface area contributed by atoms with Crippen molar-refractivity contribution in [2.45, 2.75) is 49.6 Å². The summed E-state index contributed by atoms with van der Waals surface area (Å²) in [6.07, 6.45) is -7.08. The van der Waals surface area contributed by atoms with Gasteiger partial charge in [0, 0.05) is 13.3 Å². The van der Waals surface area contributed by atoms with Gasteiger partial charge in [0.05, 0.1) is 0 Å². The Morgan fingerprint density at radius 2 is 1.32 bits per heavy atom. The number of rotatable bonds is 7. The van der Waals surface area contributed by atoms with Gasteiger partial charge in [-0.15, -0.1) is 0 Å². The second kappa shape index (κ2) is 6.14. The number of hydrogen-bond acceptors (Lipinski definition) is 2. The van der Waals surface area contributed by atoms with Crippen molar-refractivity contribution in [1.29, 1.82) is 0 Å². The lowest BCUT2D eigenvalue weighted by atomic mass is 10.0. The molecule has 0 radical (unpaired) electrons. The van der Waals surface area contributed by atoms with Crippen LogP contribution in [0.15, 0.2) is 0 Å². The summed E-state index contributed by atoms with van der Waals surface area (Å²) in [7, 11) is -2.35. The van der Waals surface area contributed by atoms with E-state index in [-0.39, 0.29) is 6.42 Å². The van der Waals surface area contributed by atoms with Gasteiger partial charge in [0.15, 0.2) is 0 Å². The third-order valence-corrected chi connectivity index (χ3v) is 4.87. The van der Waals surface area contributed by atoms with E-state index in [0.717, 1.165) is 13.6 Å². The molecular formula is C10H13F9O2P+. The molecule has 0 saturated heterocycles. The molecule has 12 heteroatoms. The van der Waals surface area contributed by atoms with Crippen molar-refractivity contribution in [2.24, 2.45) is 0 Å². The fourth-order valence-electron chi connectivity index (χ4n) is 1.16. The SMILES string of the molecule is CCC(C)(OCC(F)(F)C(F)(F)C(F)(F)C(F)(F)F)[P+](C)=O. The number of ether oxygens (including phenoxy) is 1. The summed E-state index contributed by atoms with van der Waals surface area (Å²) in [5.41, 5.74) is 0. The Balaban J connectivity index is 5.44. The minimum absolute atomic E-state index is 0.212. The zero-order valence-electron chi connectivity index (χ0n) is 11.6. The first kappa shape index (κ1) is 21.4. The Morgan fingerprint density at radius 1 is 0.909 bits per heavy atom. The minimum atomic E-state index is -6.95. The Labute approximate surface area is 120 Å². The molecule has 0 aromatic rings. The van der Waals surface area contributed by atoms with Gasteiger partial charge >= 0.3 is 31.7 Å². The van der Waals surface area contributed by atoms with Crippen LogP contribution in [0, 0.1) is 0 Å². The molecule has 2 atom stereocenters. The lowest BCUT2D eigenvalue weighted by Gasteiger charge is -2.34. The Morgan fingerprint density at radius 3 is 1.59 bits per heavy atom. The lowest BCUT2D eigenvalue weighted by Crippen LogP contribution is -2.62. The van der Waals surface area contributed by atoms with Crippen molar-refractivity contribution >= 4 is 7.80 Å². The fraction of sp³-hybridized carbons (Fsp3) is 1.00. The van der Waals surface area contributed by atoms with E-state index in [1.165, 1.54) is 6.92 Å². The number of halogens is 9. The van der Waals surface area contributed by atoms with E-state index in [9.17, 15) is 44.1 Å². The molecule has 0 aromatic heterocycles. The van der Waals surface area contributed by atoms with Gasteiger partial charge in [-0.2, -0.15) is 39.5 Å². The quantitative estimate of drug-likeness (QED) is 0.465. The largest absolute Gasteiger partial charge is 0.460 e. The lowest BCUT2D eigenvalue weighted by molar-refractivity contribution is -0.400. The van der Waals surface area contributed by atoms with Gasteiger partial charge in [0.2, 0.25) is 0 Å². The molecule has 0 N–H and O–H groups in total. The molecule has 22 heavy (non-hydrogen) atoms. The highest BCUT2D eigenvalue weighted by atomic mass is 31.1. The molecule has 0 aliphatic heterocycles. The molecule has 132 valence electrons. The highest BCUT2D eigenvalue weighted by molar-refractivity contribution is 7.45. The van der Waals surface area contributed by atoms with Gasteiger partial charge in [-0.05, 0) is 0 Å². The maximum atomic E-state index is 13.2. The van der Waals surface area contributed by atoms with Gasteiger partial charge in [0.1, 0.15) is 13.3 Å². The van der Waals surface area contributed by atoms with Gasteiger partial charge in [0.25, 0.3) is 5.34 Å². The van der Waals surface area contributed by atoms with Crippen LogP contribution in [0.2, 0.25) is 0 Å². The number of hydrogen-bond donors (Lipinski definition) is 0. The molecule has 0 spiro atoms. The molecule has 2 nitrogen and oxygen atoms in total. The topological polar surface area (TPSA) is 26.3 Å². The standard InChI is InChI=1S/C10H13F9O2P/c1-4-6(2,22(3)20)21-5-7(11,12)8(13,14)9(15,16)10(17,18)19/h4-5H2,1-3H3/q+1. The molecule has 2 unspecified atom stereocenters. The molecule has 0 rings (SSSR count). The monoisotopic (exact) mass is 367 g/mol. The molecule has 0 aliphatic carbocycles. The van der Waals surface area contributed by atoms with Crippen LogP contribution in [0.4, 0.5) is 39.5 Å². The normalized spacial score (nSPS) is 18.1. The van der Waals surface area contributed by atoms with Gasteiger partial charge in [-0.25, -0.2) is 0 Å². The second-order valence-corrected chi connectivity index (χ2v) is 6.61. The van der Waals surface area contributed by atoms with E-state index >= 15 is 0 Å². The van der Waals surface area contributed by atoms with Crippen LogP contribution in [0.25, 0.3) is 0 Å². The summed E-state index contributed by atoms with van der Waals surface area (Å²) < 4.78 is 129. The first-order valence-corrected chi connectivity index (χ1v) is 7.42. The van der Waals surface area contributed by atoms with Gasteiger partial charge < -0.3 is 4.74 Å². The van der Waals surface area contributed by atoms with E-state index in [2.05, 4.69) is 4.74 Å². The van der Waals surface area contributed by atoms with Crippen LogP contribution in [0.3, 0.4) is 0 Å². The maximum Gasteiger partial charge on any atom is 0.460 e. The van der Waals surface area contributed by atoms with Crippen LogP contribution in [-0.2, 0) is 9.30 Å². The first-order valence-electron chi connectivity index (χ1n) is 5.71. The summed E-state index contributed by atoms with van der Waals surface area (Å²) >= 11 is 0. The highest BCUT2D eigenvalue weighted by Gasteiger charge is 2.81. The van der Waals surface area contributed by atoms with Gasteiger partial charge in [-0.3, -0.25) is 0 Å². The van der Waals surface area contributed by atoms with Crippen LogP contribution in [0.5, 0.6) is 0 Å². The molecule has 0 heterocycles. The molecule has 0 bridgehead atoms. The maximum absolute atomic E-state index is 13.2. The van der Waals surface area contributed by atoms with Crippen LogP contribution < -0.4 is 0 Å². The van der Waals surface area contributed by atoms with Crippen molar-refractivity contribution in [3.63, 3.8) is 0 Å². The summed E-state index contributed by atoms with van der Waals surface area (Å²) in [6.45, 7) is 0.851. The van der Waals surface area contributed by atoms with E-state index in [0.29, 0.717) is 0 Å². The molecule has 0 fully saturated rings. The molecule has 0 aromatic carbocycles. The van der Waals surface area contributed by atoms with Crippen molar-refractivity contribution < 1.29 is 48.8 Å². The summed E-state index contributed by atoms with van der Waals surface area (Å²) in [5, 5.41) is -1.86. The van der Waals surface area contributed by atoms with Crippen molar-refractivity contribution in [3.8, 4) is 0 Å². The Kier molecular flexibility index (Phi) is 5.99. The first-order chi connectivity index (χ1) is 9.46. The predicted octanol–water partition coefficient (Wildman–Crippen LogP) is 5.05. The fourth-order valence-corrected chi connectivity index (χ4v) is 1.85. The molecular weight excluding hydrogens is 354 g/mol. The molecule has 0 saturated carbocycles. The highest BCUT2D eigenvalue weighted by Crippen LogP contribution is 2.53. The van der Waals surface area contributed by atoms with E-state index in [1.54, 1.807) is 0 Å². The molecule has 0 amide bonds. The molecule has 0 aliphatic rings. The summed E-state index contributed by atoms with van der Waals surface area (Å²) in [5.74, 6) is -19.5. The Bertz CT molecular complexity index is 421. The third-order valence-electron chi connectivity index (χ3n) is 3.10. The van der Waals surface area contributed by atoms with E-state index in [4.69, 9.17) is 0 Å². The van der Waals surface area contributed by atoms with E-state index in [1.807, 2.05) is 0 Å². The van der Waals surface area contributed by atoms with Crippen LogP contribution in [-0.4, -0.2) is 42.6 Å². The van der Waals surface area contributed by atoms with Crippen molar-refractivity contribution in [2.75, 3.05) is 13.3 Å².